The molecule has 2 atom stereocenters. The smallest absolute Gasteiger partial charge is 0.251 e. The lowest BCUT2D eigenvalue weighted by Gasteiger charge is -2.37. The van der Waals surface area contributed by atoms with Gasteiger partial charge in [0.2, 0.25) is 10.0 Å². The maximum atomic E-state index is 12.3. The van der Waals surface area contributed by atoms with E-state index in [4.69, 9.17) is 5.73 Å². The second-order valence-electron chi connectivity index (χ2n) is 5.98. The van der Waals surface area contributed by atoms with Crippen LogP contribution in [0.2, 0.25) is 0 Å². The van der Waals surface area contributed by atoms with Crippen LogP contribution in [-0.2, 0) is 10.0 Å². The number of nitrogens with zero attached hydrogens (tertiary/aromatic N) is 1. The van der Waals surface area contributed by atoms with Gasteiger partial charge in [-0.15, -0.1) is 0 Å². The predicted molar refractivity (Wildman–Crippen MR) is 90.6 cm³/mol. The molecule has 1 heterocycles. The monoisotopic (exact) mass is 339 g/mol. The number of hydrogen-bond donors (Lipinski definition) is 2. The van der Waals surface area contributed by atoms with E-state index < -0.39 is 10.0 Å². The zero-order chi connectivity index (χ0) is 16.9. The van der Waals surface area contributed by atoms with Crippen molar-refractivity contribution in [2.45, 2.75) is 38.3 Å². The normalized spacial score (nSPS) is 22.7. The molecule has 0 radical (unpaired) electrons. The minimum Gasteiger partial charge on any atom is -0.349 e. The molecule has 1 fully saturated rings. The molecule has 23 heavy (non-hydrogen) atoms. The Kier molecular flexibility index (Phi) is 6.15. The average Bonchev–Trinajstić information content (AvgIpc) is 2.53. The van der Waals surface area contributed by atoms with Crippen molar-refractivity contribution in [3.8, 4) is 0 Å². The molecular formula is C16H25N3O3S. The van der Waals surface area contributed by atoms with Crippen molar-refractivity contribution < 1.29 is 13.2 Å². The van der Waals surface area contributed by atoms with Gasteiger partial charge in [0.05, 0.1) is 5.75 Å². The lowest BCUT2D eigenvalue weighted by molar-refractivity contribution is 0.0914. The number of piperidine rings is 1. The number of sulfonamides is 1. The quantitative estimate of drug-likeness (QED) is 0.807. The summed E-state index contributed by atoms with van der Waals surface area (Å²) in [6.07, 6.45) is 1.73. The van der Waals surface area contributed by atoms with Gasteiger partial charge in [-0.05, 0) is 44.9 Å². The molecule has 1 aromatic rings. The minimum absolute atomic E-state index is 0.00124. The van der Waals surface area contributed by atoms with E-state index in [1.54, 1.807) is 16.4 Å². The van der Waals surface area contributed by atoms with Crippen LogP contribution in [0.1, 0.15) is 36.5 Å². The Morgan fingerprint density at radius 2 is 2.04 bits per heavy atom. The van der Waals surface area contributed by atoms with Gasteiger partial charge in [0.15, 0.2) is 0 Å². The van der Waals surface area contributed by atoms with Crippen LogP contribution in [0.25, 0.3) is 0 Å². The van der Waals surface area contributed by atoms with Crippen LogP contribution in [0.3, 0.4) is 0 Å². The Labute approximate surface area is 138 Å². The first kappa shape index (κ1) is 17.9. The molecular weight excluding hydrogens is 314 g/mol. The van der Waals surface area contributed by atoms with Crippen molar-refractivity contribution >= 4 is 15.9 Å². The Balaban J connectivity index is 1.92. The van der Waals surface area contributed by atoms with Crippen molar-refractivity contribution in [3.05, 3.63) is 35.9 Å². The minimum atomic E-state index is -3.26. The Morgan fingerprint density at radius 1 is 1.35 bits per heavy atom. The Bertz CT molecular complexity index is 619. The zero-order valence-electron chi connectivity index (χ0n) is 13.4. The maximum Gasteiger partial charge on any atom is 0.251 e. The largest absolute Gasteiger partial charge is 0.349 e. The molecule has 0 aliphatic carbocycles. The van der Waals surface area contributed by atoms with E-state index in [-0.39, 0.29) is 23.7 Å². The number of carbonyl (C=O) groups excluding carboxylic acids is 1. The predicted octanol–water partition coefficient (Wildman–Crippen LogP) is 0.948. The molecule has 1 saturated heterocycles. The van der Waals surface area contributed by atoms with Crippen molar-refractivity contribution in [1.82, 2.24) is 9.62 Å². The number of hydrogen-bond acceptors (Lipinski definition) is 4. The summed E-state index contributed by atoms with van der Waals surface area (Å²) in [4.78, 5) is 12.2. The average molecular weight is 339 g/mol. The van der Waals surface area contributed by atoms with E-state index in [1.165, 1.54) is 0 Å². The van der Waals surface area contributed by atoms with Crippen LogP contribution in [0, 0.1) is 0 Å². The molecule has 6 nitrogen and oxygen atoms in total. The second kappa shape index (κ2) is 7.90. The van der Waals surface area contributed by atoms with Gasteiger partial charge in [-0.2, -0.15) is 4.31 Å². The highest BCUT2D eigenvalue weighted by atomic mass is 32.2. The van der Waals surface area contributed by atoms with Crippen LogP contribution in [0.15, 0.2) is 30.3 Å². The number of nitrogens with one attached hydrogen (secondary N) is 1. The third-order valence-corrected chi connectivity index (χ3v) is 6.21. The Morgan fingerprint density at radius 3 is 2.65 bits per heavy atom. The van der Waals surface area contributed by atoms with Crippen molar-refractivity contribution in [1.29, 1.82) is 0 Å². The van der Waals surface area contributed by atoms with Crippen LogP contribution >= 0.6 is 0 Å². The fourth-order valence-electron chi connectivity index (χ4n) is 2.94. The molecule has 1 amide bonds. The van der Waals surface area contributed by atoms with Crippen LogP contribution in [0.4, 0.5) is 0 Å². The zero-order valence-corrected chi connectivity index (χ0v) is 14.3. The highest BCUT2D eigenvalue weighted by molar-refractivity contribution is 7.89. The molecule has 0 unspecified atom stereocenters. The molecule has 1 aromatic carbocycles. The molecule has 0 aromatic heterocycles. The van der Waals surface area contributed by atoms with Crippen LogP contribution in [0.5, 0.6) is 0 Å². The molecule has 128 valence electrons. The van der Waals surface area contributed by atoms with Crippen molar-refractivity contribution in [2.24, 2.45) is 5.73 Å². The third kappa shape index (κ3) is 4.76. The van der Waals surface area contributed by atoms with Gasteiger partial charge in [-0.3, -0.25) is 4.79 Å². The summed E-state index contributed by atoms with van der Waals surface area (Å²) in [6.45, 7) is 2.70. The lowest BCUT2D eigenvalue weighted by atomic mass is 10.00. The molecule has 3 N–H and O–H groups in total. The van der Waals surface area contributed by atoms with Gasteiger partial charge in [-0.25, -0.2) is 8.42 Å². The summed E-state index contributed by atoms with van der Waals surface area (Å²) < 4.78 is 26.1. The summed E-state index contributed by atoms with van der Waals surface area (Å²) in [5.74, 6) is -0.0169. The van der Waals surface area contributed by atoms with Crippen LogP contribution in [-0.4, -0.2) is 49.6 Å². The van der Waals surface area contributed by atoms with Gasteiger partial charge in [0, 0.05) is 24.2 Å². The maximum absolute atomic E-state index is 12.3. The molecule has 0 spiro atoms. The topological polar surface area (TPSA) is 92.5 Å². The summed E-state index contributed by atoms with van der Waals surface area (Å²) in [5.41, 5.74) is 6.02. The molecule has 1 aliphatic rings. The Hall–Kier alpha value is -1.44. The first-order valence-corrected chi connectivity index (χ1v) is 9.60. The van der Waals surface area contributed by atoms with Crippen molar-refractivity contribution in [3.63, 3.8) is 0 Å². The number of amides is 1. The van der Waals surface area contributed by atoms with E-state index in [9.17, 15) is 13.2 Å². The summed E-state index contributed by atoms with van der Waals surface area (Å²) in [7, 11) is -3.26. The number of nitrogens with two attached hydrogens (primary N) is 1. The van der Waals surface area contributed by atoms with E-state index in [1.807, 2.05) is 25.1 Å². The summed E-state index contributed by atoms with van der Waals surface area (Å²) in [6, 6.07) is 8.93. The van der Waals surface area contributed by atoms with E-state index in [0.717, 1.165) is 0 Å². The summed E-state index contributed by atoms with van der Waals surface area (Å²) >= 11 is 0. The molecule has 7 heteroatoms. The van der Waals surface area contributed by atoms with E-state index >= 15 is 0 Å². The van der Waals surface area contributed by atoms with Gasteiger partial charge in [0.25, 0.3) is 5.91 Å². The second-order valence-corrected chi connectivity index (χ2v) is 8.02. The number of rotatable bonds is 6. The van der Waals surface area contributed by atoms with Crippen LogP contribution < -0.4 is 11.1 Å². The van der Waals surface area contributed by atoms with Gasteiger partial charge < -0.3 is 11.1 Å². The molecule has 0 bridgehead atoms. The van der Waals surface area contributed by atoms with Gasteiger partial charge >= 0.3 is 0 Å². The first-order valence-electron chi connectivity index (χ1n) is 7.99. The first-order chi connectivity index (χ1) is 10.9. The highest BCUT2D eigenvalue weighted by Gasteiger charge is 2.33. The fourth-order valence-corrected chi connectivity index (χ4v) is 4.72. The number of benzene rings is 1. The molecule has 1 aliphatic heterocycles. The molecule has 2 rings (SSSR count). The summed E-state index contributed by atoms with van der Waals surface area (Å²) in [5, 5.41) is 3.00. The highest BCUT2D eigenvalue weighted by Crippen LogP contribution is 2.21. The van der Waals surface area contributed by atoms with Gasteiger partial charge in [0.1, 0.15) is 0 Å². The SMILES string of the molecule is C[C@@H]1C[C@@H](NC(=O)c2ccccc2)CCN1S(=O)(=O)CCCN. The lowest BCUT2D eigenvalue weighted by Crippen LogP contribution is -2.51. The van der Waals surface area contributed by atoms with Crippen molar-refractivity contribution in [2.75, 3.05) is 18.8 Å². The fraction of sp³-hybridized carbons (Fsp3) is 0.562. The number of carbonyl (C=O) groups is 1. The standard InChI is InChI=1S/C16H25N3O3S/c1-13-12-15(18-16(20)14-6-3-2-4-7-14)8-10-19(13)23(21,22)11-5-9-17/h2-4,6-7,13,15H,5,8-12,17H2,1H3,(H,18,20)/t13-,15+/m1/s1. The molecule has 0 saturated carbocycles. The van der Waals surface area contributed by atoms with Gasteiger partial charge in [-0.1, -0.05) is 18.2 Å². The third-order valence-electron chi connectivity index (χ3n) is 4.15. The van der Waals surface area contributed by atoms with E-state index in [0.29, 0.717) is 37.9 Å². The van der Waals surface area contributed by atoms with E-state index in [2.05, 4.69) is 5.32 Å².